The lowest BCUT2D eigenvalue weighted by Crippen LogP contribution is -2.49. The molecule has 3 heterocycles. The van der Waals surface area contributed by atoms with E-state index in [-0.39, 0.29) is 42.3 Å². The molecule has 43 heavy (non-hydrogen) atoms. The van der Waals surface area contributed by atoms with E-state index in [2.05, 4.69) is 17.1 Å². The van der Waals surface area contributed by atoms with Crippen LogP contribution >= 0.6 is 0 Å². The molecule has 2 amide bonds. The van der Waals surface area contributed by atoms with Crippen molar-refractivity contribution in [2.45, 2.75) is 51.4 Å². The number of nitrogens with zero attached hydrogens (tertiary/aromatic N) is 2. The second-order valence-corrected chi connectivity index (χ2v) is 12.2. The van der Waals surface area contributed by atoms with Gasteiger partial charge in [-0.2, -0.15) is 0 Å². The number of benzene rings is 2. The van der Waals surface area contributed by atoms with Gasteiger partial charge in [-0.25, -0.2) is 0 Å². The van der Waals surface area contributed by atoms with Gasteiger partial charge >= 0.3 is 0 Å². The van der Waals surface area contributed by atoms with Crippen molar-refractivity contribution < 1.29 is 33.3 Å². The number of hydrogen-bond acceptors (Lipinski definition) is 8. The molecule has 2 fully saturated rings. The maximum absolute atomic E-state index is 13.4. The standard InChI is InChI=1S/C33H45N3O7/c1-33(11-14-41-15-12-33)23-35-19-27-30(20-35)42-22-25-5-4-6-26(17-25)43-29-18-24(7-9-28(29)40-3)8-10-32(38)36(13-16-39-2)21-31(37)34-27/h4-7,9,17-18,27,30H,8,10-16,19-23H2,1-3H3,(H,34,37)/t27-,30-/m0/s1. The van der Waals surface area contributed by atoms with Crippen LogP contribution in [0.3, 0.4) is 0 Å². The van der Waals surface area contributed by atoms with Gasteiger partial charge < -0.3 is 33.9 Å². The van der Waals surface area contributed by atoms with Crippen molar-refractivity contribution in [1.82, 2.24) is 15.1 Å². The van der Waals surface area contributed by atoms with Crippen LogP contribution in [0.1, 0.15) is 37.3 Å². The molecule has 10 nitrogen and oxygen atoms in total. The van der Waals surface area contributed by atoms with Gasteiger partial charge in [-0.3, -0.25) is 14.5 Å². The number of nitrogens with one attached hydrogen (secondary N) is 1. The predicted octanol–water partition coefficient (Wildman–Crippen LogP) is 3.41. The molecule has 0 spiro atoms. The Kier molecular flexibility index (Phi) is 10.6. The van der Waals surface area contributed by atoms with Crippen molar-refractivity contribution >= 4 is 11.8 Å². The highest BCUT2D eigenvalue weighted by atomic mass is 16.5. The van der Waals surface area contributed by atoms with Gasteiger partial charge in [0.15, 0.2) is 11.5 Å². The van der Waals surface area contributed by atoms with Crippen LogP contribution in [0.4, 0.5) is 0 Å². The number of aryl methyl sites for hydroxylation is 1. The largest absolute Gasteiger partial charge is 0.493 e. The highest BCUT2D eigenvalue weighted by molar-refractivity contribution is 5.85. The molecule has 234 valence electrons. The number of rotatable bonds is 6. The van der Waals surface area contributed by atoms with Gasteiger partial charge in [0.1, 0.15) is 5.75 Å². The van der Waals surface area contributed by atoms with Crippen LogP contribution in [0.15, 0.2) is 42.5 Å². The molecule has 2 aromatic carbocycles. The lowest BCUT2D eigenvalue weighted by atomic mass is 9.82. The Morgan fingerprint density at radius 1 is 1.02 bits per heavy atom. The monoisotopic (exact) mass is 595 g/mol. The molecule has 2 saturated heterocycles. The van der Waals surface area contributed by atoms with Crippen LogP contribution in [0, 0.1) is 5.41 Å². The molecular weight excluding hydrogens is 550 g/mol. The zero-order valence-corrected chi connectivity index (χ0v) is 25.6. The van der Waals surface area contributed by atoms with Gasteiger partial charge in [0, 0.05) is 52.9 Å². The number of ether oxygens (including phenoxy) is 5. The highest BCUT2D eigenvalue weighted by Gasteiger charge is 2.39. The maximum Gasteiger partial charge on any atom is 0.239 e. The van der Waals surface area contributed by atoms with E-state index < -0.39 is 0 Å². The molecule has 5 rings (SSSR count). The number of hydrogen-bond donors (Lipinski definition) is 1. The van der Waals surface area contributed by atoms with Gasteiger partial charge in [0.2, 0.25) is 11.8 Å². The van der Waals surface area contributed by atoms with Crippen molar-refractivity contribution in [3.8, 4) is 17.2 Å². The van der Waals surface area contributed by atoms with Crippen LogP contribution in [-0.2, 0) is 36.8 Å². The summed E-state index contributed by atoms with van der Waals surface area (Å²) in [7, 11) is 3.20. The topological polar surface area (TPSA) is 98.8 Å². The van der Waals surface area contributed by atoms with Crippen LogP contribution < -0.4 is 14.8 Å². The van der Waals surface area contributed by atoms with E-state index in [0.717, 1.165) is 43.7 Å². The summed E-state index contributed by atoms with van der Waals surface area (Å²) < 4.78 is 29.2. The van der Waals surface area contributed by atoms with Gasteiger partial charge in [-0.1, -0.05) is 25.1 Å². The Morgan fingerprint density at radius 2 is 1.86 bits per heavy atom. The number of carbonyl (C=O) groups is 2. The second kappa shape index (κ2) is 14.5. The molecule has 1 N–H and O–H groups in total. The molecule has 2 atom stereocenters. The summed E-state index contributed by atoms with van der Waals surface area (Å²) in [4.78, 5) is 30.7. The average Bonchev–Trinajstić information content (AvgIpc) is 3.36. The number of carbonyl (C=O) groups excluding carboxylic acids is 2. The fourth-order valence-electron chi connectivity index (χ4n) is 6.16. The molecule has 0 saturated carbocycles. The first-order valence-corrected chi connectivity index (χ1v) is 15.3. The summed E-state index contributed by atoms with van der Waals surface area (Å²) >= 11 is 0. The molecule has 0 unspecified atom stereocenters. The third-order valence-corrected chi connectivity index (χ3v) is 8.69. The van der Waals surface area contributed by atoms with E-state index in [1.54, 1.807) is 19.1 Å². The van der Waals surface area contributed by atoms with Crippen LogP contribution in [0.5, 0.6) is 17.2 Å². The second-order valence-electron chi connectivity index (χ2n) is 12.2. The minimum atomic E-state index is -0.198. The summed E-state index contributed by atoms with van der Waals surface area (Å²) in [5.74, 6) is 1.56. The van der Waals surface area contributed by atoms with Gasteiger partial charge in [-0.15, -0.1) is 0 Å². The Labute approximate surface area is 254 Å². The summed E-state index contributed by atoms with van der Waals surface area (Å²) in [6, 6.07) is 13.3. The van der Waals surface area contributed by atoms with Crippen LogP contribution in [-0.4, -0.2) is 101 Å². The van der Waals surface area contributed by atoms with Gasteiger partial charge in [-0.05, 0) is 60.1 Å². The SMILES string of the molecule is COCCN1CC(=O)N[C@H]2CN(CC3(C)CCOCC3)C[C@@H]2OCc2cccc(c2)Oc2cc(ccc2OC)CCC1=O. The van der Waals surface area contributed by atoms with Crippen molar-refractivity contribution in [2.24, 2.45) is 5.41 Å². The molecule has 4 bridgehead atoms. The van der Waals surface area contributed by atoms with Gasteiger partial charge in [0.25, 0.3) is 0 Å². The molecule has 3 aliphatic rings. The van der Waals surface area contributed by atoms with Crippen molar-refractivity contribution in [3.63, 3.8) is 0 Å². The minimum absolute atomic E-state index is 0.0283. The first-order chi connectivity index (χ1) is 20.8. The Hall–Kier alpha value is -3.18. The number of methoxy groups -OCH3 is 2. The van der Waals surface area contributed by atoms with E-state index in [1.165, 1.54) is 0 Å². The summed E-state index contributed by atoms with van der Waals surface area (Å²) in [5, 5.41) is 3.21. The van der Waals surface area contributed by atoms with Crippen molar-refractivity contribution in [2.75, 3.05) is 66.8 Å². The lowest BCUT2D eigenvalue weighted by Gasteiger charge is -2.36. The van der Waals surface area contributed by atoms with E-state index in [9.17, 15) is 9.59 Å². The fraction of sp³-hybridized carbons (Fsp3) is 0.576. The smallest absolute Gasteiger partial charge is 0.239 e. The van der Waals surface area contributed by atoms with Crippen LogP contribution in [0.25, 0.3) is 0 Å². The third-order valence-electron chi connectivity index (χ3n) is 8.69. The first-order valence-electron chi connectivity index (χ1n) is 15.3. The van der Waals surface area contributed by atoms with E-state index in [4.69, 9.17) is 23.7 Å². The Morgan fingerprint density at radius 3 is 2.65 bits per heavy atom. The molecular formula is C33H45N3O7. The van der Waals surface area contributed by atoms with Crippen LogP contribution in [0.2, 0.25) is 0 Å². The molecule has 10 heteroatoms. The lowest BCUT2D eigenvalue weighted by molar-refractivity contribution is -0.137. The molecule has 0 aromatic heterocycles. The summed E-state index contributed by atoms with van der Waals surface area (Å²) in [6.07, 6.45) is 2.59. The zero-order chi connectivity index (χ0) is 30.2. The molecule has 0 aliphatic carbocycles. The molecule has 3 aliphatic heterocycles. The predicted molar refractivity (Wildman–Crippen MR) is 161 cm³/mol. The number of fused-ring (bicyclic) bond motifs is 5. The maximum atomic E-state index is 13.4. The average molecular weight is 596 g/mol. The normalized spacial score (nSPS) is 23.5. The van der Waals surface area contributed by atoms with Crippen molar-refractivity contribution in [3.05, 3.63) is 53.6 Å². The number of likely N-dealkylation sites (tertiary alicyclic amines) is 1. The van der Waals surface area contributed by atoms with E-state index in [0.29, 0.717) is 56.5 Å². The molecule has 2 aromatic rings. The minimum Gasteiger partial charge on any atom is -0.493 e. The summed E-state index contributed by atoms with van der Waals surface area (Å²) in [5.41, 5.74) is 2.08. The van der Waals surface area contributed by atoms with E-state index in [1.807, 2.05) is 42.5 Å². The Bertz CT molecular complexity index is 1250. The molecule has 0 radical (unpaired) electrons. The zero-order valence-electron chi connectivity index (χ0n) is 25.6. The summed E-state index contributed by atoms with van der Waals surface area (Å²) in [6.45, 7) is 7.25. The fourth-order valence-corrected chi connectivity index (χ4v) is 6.16. The highest BCUT2D eigenvalue weighted by Crippen LogP contribution is 2.34. The number of amides is 2. The first kappa shape index (κ1) is 31.3. The Balaban J connectivity index is 1.39. The van der Waals surface area contributed by atoms with E-state index >= 15 is 0 Å². The van der Waals surface area contributed by atoms with Crippen molar-refractivity contribution in [1.29, 1.82) is 0 Å². The third kappa shape index (κ3) is 8.47. The quantitative estimate of drug-likeness (QED) is 0.543. The van der Waals surface area contributed by atoms with Gasteiger partial charge in [0.05, 0.1) is 39.0 Å².